The SMILES string of the molecule is O=C(Nc1ccccc1C(=O)NC1CCCC1)c1ccc(OCC2CCCO2)cc1. The van der Waals surface area contributed by atoms with E-state index in [4.69, 9.17) is 9.47 Å². The van der Waals surface area contributed by atoms with Crippen molar-refractivity contribution in [3.63, 3.8) is 0 Å². The maximum Gasteiger partial charge on any atom is 0.255 e. The largest absolute Gasteiger partial charge is 0.491 e. The summed E-state index contributed by atoms with van der Waals surface area (Å²) in [7, 11) is 0. The first-order chi connectivity index (χ1) is 14.7. The van der Waals surface area contributed by atoms with Crippen LogP contribution >= 0.6 is 0 Å². The molecule has 2 aromatic carbocycles. The summed E-state index contributed by atoms with van der Waals surface area (Å²) < 4.78 is 11.3. The molecule has 0 aromatic heterocycles. The van der Waals surface area contributed by atoms with Gasteiger partial charge in [0.2, 0.25) is 0 Å². The summed E-state index contributed by atoms with van der Waals surface area (Å²) in [4.78, 5) is 25.4. The molecule has 6 heteroatoms. The van der Waals surface area contributed by atoms with Crippen molar-refractivity contribution in [2.75, 3.05) is 18.5 Å². The van der Waals surface area contributed by atoms with Crippen LogP contribution in [0.2, 0.25) is 0 Å². The average Bonchev–Trinajstić information content (AvgIpc) is 3.47. The zero-order valence-corrected chi connectivity index (χ0v) is 17.1. The smallest absolute Gasteiger partial charge is 0.255 e. The van der Waals surface area contributed by atoms with E-state index in [1.165, 1.54) is 0 Å². The van der Waals surface area contributed by atoms with E-state index in [2.05, 4.69) is 10.6 Å². The number of hydrogen-bond donors (Lipinski definition) is 2. The van der Waals surface area contributed by atoms with Gasteiger partial charge in [-0.1, -0.05) is 25.0 Å². The summed E-state index contributed by atoms with van der Waals surface area (Å²) in [6.07, 6.45) is 6.58. The number of rotatable bonds is 7. The monoisotopic (exact) mass is 408 g/mol. The van der Waals surface area contributed by atoms with Crippen LogP contribution in [-0.4, -0.2) is 37.2 Å². The molecule has 0 bridgehead atoms. The van der Waals surface area contributed by atoms with Gasteiger partial charge in [-0.3, -0.25) is 9.59 Å². The lowest BCUT2D eigenvalue weighted by atomic mass is 10.1. The first kappa shape index (κ1) is 20.4. The maximum absolute atomic E-state index is 12.7. The highest BCUT2D eigenvalue weighted by atomic mass is 16.5. The predicted octanol–water partition coefficient (Wildman–Crippen LogP) is 4.17. The van der Waals surface area contributed by atoms with Gasteiger partial charge in [-0.2, -0.15) is 0 Å². The molecule has 1 heterocycles. The Labute approximate surface area is 177 Å². The predicted molar refractivity (Wildman–Crippen MR) is 115 cm³/mol. The molecule has 2 N–H and O–H groups in total. The lowest BCUT2D eigenvalue weighted by Crippen LogP contribution is -2.33. The molecule has 1 atom stereocenters. The van der Waals surface area contributed by atoms with Crippen molar-refractivity contribution in [3.8, 4) is 5.75 Å². The van der Waals surface area contributed by atoms with E-state index in [-0.39, 0.29) is 24.0 Å². The second-order valence-electron chi connectivity index (χ2n) is 7.92. The highest BCUT2D eigenvalue weighted by molar-refractivity contribution is 6.09. The van der Waals surface area contributed by atoms with Gasteiger partial charge in [0.1, 0.15) is 12.4 Å². The van der Waals surface area contributed by atoms with Crippen molar-refractivity contribution in [3.05, 3.63) is 59.7 Å². The Bertz CT molecular complexity index is 869. The fraction of sp³-hybridized carbons (Fsp3) is 0.417. The molecule has 2 amide bonds. The normalized spacial score (nSPS) is 18.9. The Morgan fingerprint density at radius 2 is 1.70 bits per heavy atom. The summed E-state index contributed by atoms with van der Waals surface area (Å²) in [5.74, 6) is 0.302. The van der Waals surface area contributed by atoms with Crippen molar-refractivity contribution in [2.45, 2.75) is 50.7 Å². The van der Waals surface area contributed by atoms with E-state index in [0.29, 0.717) is 29.2 Å². The van der Waals surface area contributed by atoms with Gasteiger partial charge in [0.25, 0.3) is 11.8 Å². The van der Waals surface area contributed by atoms with Crippen LogP contribution in [-0.2, 0) is 4.74 Å². The Balaban J connectivity index is 1.36. The molecule has 1 saturated heterocycles. The molecule has 2 fully saturated rings. The minimum Gasteiger partial charge on any atom is -0.491 e. The van der Waals surface area contributed by atoms with Crippen molar-refractivity contribution >= 4 is 17.5 Å². The standard InChI is InChI=1S/C24H28N2O4/c27-23(17-11-13-19(14-12-17)30-16-20-8-5-15-29-20)26-22-10-4-3-9-21(22)24(28)25-18-6-1-2-7-18/h3-4,9-14,18,20H,1-2,5-8,15-16H2,(H,25,28)(H,26,27). The lowest BCUT2D eigenvalue weighted by Gasteiger charge is -2.15. The van der Waals surface area contributed by atoms with Crippen LogP contribution in [0, 0.1) is 0 Å². The minimum absolute atomic E-state index is 0.143. The van der Waals surface area contributed by atoms with Gasteiger partial charge in [-0.15, -0.1) is 0 Å². The second kappa shape index (κ2) is 9.76. The summed E-state index contributed by atoms with van der Waals surface area (Å²) in [6.45, 7) is 1.32. The van der Waals surface area contributed by atoms with Crippen LogP contribution in [0.3, 0.4) is 0 Å². The maximum atomic E-state index is 12.7. The molecule has 2 aromatic rings. The van der Waals surface area contributed by atoms with Crippen LogP contribution in [0.25, 0.3) is 0 Å². The fourth-order valence-corrected chi connectivity index (χ4v) is 3.99. The molecule has 4 rings (SSSR count). The number of amides is 2. The summed E-state index contributed by atoms with van der Waals surface area (Å²) >= 11 is 0. The third-order valence-electron chi connectivity index (χ3n) is 5.69. The van der Waals surface area contributed by atoms with Crippen molar-refractivity contribution in [2.24, 2.45) is 0 Å². The average molecular weight is 408 g/mol. The molecule has 6 nitrogen and oxygen atoms in total. The van der Waals surface area contributed by atoms with Gasteiger partial charge in [-0.05, 0) is 62.1 Å². The lowest BCUT2D eigenvalue weighted by molar-refractivity contribution is 0.0679. The number of carbonyl (C=O) groups is 2. The van der Waals surface area contributed by atoms with Crippen molar-refractivity contribution in [1.29, 1.82) is 0 Å². The first-order valence-electron chi connectivity index (χ1n) is 10.7. The Hall–Kier alpha value is -2.86. The number of para-hydroxylation sites is 1. The Morgan fingerprint density at radius 1 is 0.933 bits per heavy atom. The molecule has 158 valence electrons. The molecule has 0 spiro atoms. The van der Waals surface area contributed by atoms with Crippen molar-refractivity contribution < 1.29 is 19.1 Å². The van der Waals surface area contributed by atoms with E-state index in [0.717, 1.165) is 45.1 Å². The number of carbonyl (C=O) groups excluding carboxylic acids is 2. The van der Waals surface area contributed by atoms with Gasteiger partial charge < -0.3 is 20.1 Å². The topological polar surface area (TPSA) is 76.7 Å². The zero-order valence-electron chi connectivity index (χ0n) is 17.1. The molecule has 1 saturated carbocycles. The summed E-state index contributed by atoms with van der Waals surface area (Å²) in [5, 5.41) is 5.94. The number of benzene rings is 2. The van der Waals surface area contributed by atoms with E-state index in [1.807, 2.05) is 6.07 Å². The molecule has 1 unspecified atom stereocenters. The van der Waals surface area contributed by atoms with Crippen LogP contribution in [0.1, 0.15) is 59.2 Å². The highest BCUT2D eigenvalue weighted by Gasteiger charge is 2.20. The number of ether oxygens (including phenoxy) is 2. The van der Waals surface area contributed by atoms with E-state index in [9.17, 15) is 9.59 Å². The molecular formula is C24H28N2O4. The Kier molecular flexibility index (Phi) is 6.64. The zero-order chi connectivity index (χ0) is 20.8. The molecule has 0 radical (unpaired) electrons. The fourth-order valence-electron chi connectivity index (χ4n) is 3.99. The van der Waals surface area contributed by atoms with Crippen LogP contribution in [0.15, 0.2) is 48.5 Å². The van der Waals surface area contributed by atoms with Gasteiger partial charge in [0, 0.05) is 18.2 Å². The number of nitrogens with one attached hydrogen (secondary N) is 2. The quantitative estimate of drug-likeness (QED) is 0.721. The van der Waals surface area contributed by atoms with Gasteiger partial charge >= 0.3 is 0 Å². The van der Waals surface area contributed by atoms with Crippen molar-refractivity contribution in [1.82, 2.24) is 5.32 Å². The third kappa shape index (κ3) is 5.19. The first-order valence-corrected chi connectivity index (χ1v) is 10.7. The molecule has 2 aliphatic rings. The summed E-state index contributed by atoms with van der Waals surface area (Å²) in [6, 6.07) is 14.3. The van der Waals surface area contributed by atoms with E-state index < -0.39 is 0 Å². The number of hydrogen-bond acceptors (Lipinski definition) is 4. The second-order valence-corrected chi connectivity index (χ2v) is 7.92. The van der Waals surface area contributed by atoms with Gasteiger partial charge in [-0.25, -0.2) is 0 Å². The molecular weight excluding hydrogens is 380 g/mol. The summed E-state index contributed by atoms with van der Waals surface area (Å²) in [5.41, 5.74) is 1.50. The molecule has 1 aliphatic carbocycles. The van der Waals surface area contributed by atoms with Crippen LogP contribution in [0.5, 0.6) is 5.75 Å². The van der Waals surface area contributed by atoms with E-state index in [1.54, 1.807) is 42.5 Å². The molecule has 1 aliphatic heterocycles. The van der Waals surface area contributed by atoms with E-state index >= 15 is 0 Å². The Morgan fingerprint density at radius 3 is 2.43 bits per heavy atom. The third-order valence-corrected chi connectivity index (χ3v) is 5.69. The highest BCUT2D eigenvalue weighted by Crippen LogP contribution is 2.21. The van der Waals surface area contributed by atoms with Crippen LogP contribution < -0.4 is 15.4 Å². The molecule has 30 heavy (non-hydrogen) atoms. The van der Waals surface area contributed by atoms with Gasteiger partial charge in [0.15, 0.2) is 0 Å². The minimum atomic E-state index is -0.262. The van der Waals surface area contributed by atoms with Crippen LogP contribution in [0.4, 0.5) is 5.69 Å². The van der Waals surface area contributed by atoms with Gasteiger partial charge in [0.05, 0.1) is 17.4 Å². The number of anilines is 1.